The van der Waals surface area contributed by atoms with Crippen molar-refractivity contribution in [1.82, 2.24) is 20.0 Å². The first kappa shape index (κ1) is 24.5. The molecular weight excluding hydrogens is 424 g/mol. The van der Waals surface area contributed by atoms with E-state index in [1.54, 1.807) is 9.58 Å². The third kappa shape index (κ3) is 5.06. The van der Waals surface area contributed by atoms with Crippen LogP contribution in [0.3, 0.4) is 0 Å². The number of amides is 2. The lowest BCUT2D eigenvalue weighted by Gasteiger charge is -2.44. The summed E-state index contributed by atoms with van der Waals surface area (Å²) in [5.41, 5.74) is 2.44. The Kier molecular flexibility index (Phi) is 6.88. The number of rotatable bonds is 4. The molecule has 1 fully saturated rings. The van der Waals surface area contributed by atoms with Crippen LogP contribution in [0.25, 0.3) is 0 Å². The molecule has 2 aromatic rings. The molecular formula is C28H40N4O2. The van der Waals surface area contributed by atoms with Crippen LogP contribution in [0.2, 0.25) is 0 Å². The van der Waals surface area contributed by atoms with Gasteiger partial charge in [0, 0.05) is 18.0 Å². The lowest BCUT2D eigenvalue weighted by atomic mass is 9.91. The first-order valence-electron chi connectivity index (χ1n) is 12.8. The number of hydrogen-bond donors (Lipinski definition) is 1. The first-order chi connectivity index (χ1) is 16.1. The van der Waals surface area contributed by atoms with Gasteiger partial charge in [-0.2, -0.15) is 5.10 Å². The highest BCUT2D eigenvalue weighted by molar-refractivity contribution is 5.99. The predicted octanol–water partition coefficient (Wildman–Crippen LogP) is 5.13. The molecule has 2 heterocycles. The summed E-state index contributed by atoms with van der Waals surface area (Å²) in [4.78, 5) is 29.4. The van der Waals surface area contributed by atoms with E-state index in [1.165, 1.54) is 24.8 Å². The third-order valence-electron chi connectivity index (χ3n) is 7.46. The number of nitrogens with zero attached hydrogens (tertiary/aromatic N) is 3. The number of fused-ring (bicyclic) bond motifs is 1. The minimum absolute atomic E-state index is 0.0722. The Morgan fingerprint density at radius 1 is 1.09 bits per heavy atom. The normalized spacial score (nSPS) is 22.1. The average Bonchev–Trinajstić information content (AvgIpc) is 3.18. The van der Waals surface area contributed by atoms with E-state index in [0.29, 0.717) is 18.8 Å². The van der Waals surface area contributed by atoms with Gasteiger partial charge in [-0.15, -0.1) is 0 Å². The van der Waals surface area contributed by atoms with Gasteiger partial charge in [-0.25, -0.2) is 0 Å². The summed E-state index contributed by atoms with van der Waals surface area (Å²) in [6, 6.07) is 10.3. The van der Waals surface area contributed by atoms with Crippen LogP contribution in [0.15, 0.2) is 30.3 Å². The molecule has 1 unspecified atom stereocenters. The van der Waals surface area contributed by atoms with Crippen LogP contribution in [0.4, 0.5) is 0 Å². The Labute approximate surface area is 204 Å². The molecule has 1 aliphatic carbocycles. The second kappa shape index (κ2) is 9.55. The summed E-state index contributed by atoms with van der Waals surface area (Å²) in [7, 11) is 0. The van der Waals surface area contributed by atoms with Gasteiger partial charge in [0.15, 0.2) is 0 Å². The zero-order valence-corrected chi connectivity index (χ0v) is 21.5. The number of benzene rings is 1. The van der Waals surface area contributed by atoms with Gasteiger partial charge in [-0.3, -0.25) is 14.3 Å². The van der Waals surface area contributed by atoms with Gasteiger partial charge in [0.25, 0.3) is 5.91 Å². The smallest absolute Gasteiger partial charge is 0.273 e. The van der Waals surface area contributed by atoms with Gasteiger partial charge < -0.3 is 10.2 Å². The Hall–Kier alpha value is -2.63. The molecule has 6 nitrogen and oxygen atoms in total. The van der Waals surface area contributed by atoms with Crippen molar-refractivity contribution in [2.75, 3.05) is 0 Å². The molecule has 4 rings (SSSR count). The summed E-state index contributed by atoms with van der Waals surface area (Å²) in [5, 5.41) is 8.10. The zero-order chi connectivity index (χ0) is 24.5. The summed E-state index contributed by atoms with van der Waals surface area (Å²) in [6.07, 6.45) is 8.05. The predicted molar refractivity (Wildman–Crippen MR) is 135 cm³/mol. The first-order valence-corrected chi connectivity index (χ1v) is 12.8. The maximum absolute atomic E-state index is 13.9. The molecule has 1 aliphatic heterocycles. The molecule has 0 radical (unpaired) electrons. The largest absolute Gasteiger partial charge is 0.351 e. The number of carbonyl (C=O) groups excluding carboxylic acids is 2. The van der Waals surface area contributed by atoms with E-state index in [4.69, 9.17) is 5.10 Å². The summed E-state index contributed by atoms with van der Waals surface area (Å²) in [5.74, 6) is -0.206. The second-order valence-electron chi connectivity index (χ2n) is 11.5. The fourth-order valence-corrected chi connectivity index (χ4v) is 5.07. The van der Waals surface area contributed by atoms with Gasteiger partial charge >= 0.3 is 0 Å². The van der Waals surface area contributed by atoms with Crippen molar-refractivity contribution < 1.29 is 9.59 Å². The quantitative estimate of drug-likeness (QED) is 0.682. The topological polar surface area (TPSA) is 67.2 Å². The van der Waals surface area contributed by atoms with Crippen molar-refractivity contribution in [2.24, 2.45) is 0 Å². The van der Waals surface area contributed by atoms with Crippen LogP contribution < -0.4 is 5.32 Å². The maximum atomic E-state index is 13.9. The van der Waals surface area contributed by atoms with Crippen LogP contribution in [-0.4, -0.2) is 38.1 Å². The summed E-state index contributed by atoms with van der Waals surface area (Å²) in [6.45, 7) is 11.0. The molecule has 1 aromatic carbocycles. The molecule has 1 N–H and O–H groups in total. The van der Waals surface area contributed by atoms with Crippen LogP contribution in [0.1, 0.15) is 99.9 Å². The minimum atomic E-state index is -1.02. The highest BCUT2D eigenvalue weighted by Gasteiger charge is 2.48. The Bertz CT molecular complexity index is 1030. The van der Waals surface area contributed by atoms with E-state index < -0.39 is 5.54 Å². The zero-order valence-electron chi connectivity index (χ0n) is 21.5. The monoisotopic (exact) mass is 464 g/mol. The maximum Gasteiger partial charge on any atom is 0.273 e. The van der Waals surface area contributed by atoms with Crippen molar-refractivity contribution in [1.29, 1.82) is 0 Å². The van der Waals surface area contributed by atoms with Gasteiger partial charge in [-0.1, -0.05) is 82.7 Å². The van der Waals surface area contributed by atoms with Gasteiger partial charge in [0.1, 0.15) is 11.2 Å². The number of nitrogens with one attached hydrogen (secondary N) is 1. The molecule has 6 heteroatoms. The van der Waals surface area contributed by atoms with E-state index in [9.17, 15) is 9.59 Å². The SMILES string of the molecule is Cc1ccc(CN2C(=O)c3cc(C(C)(C)C)nn3CC2(C)C(=O)NC2CCCCCCC2)cc1. The number of carbonyl (C=O) groups is 2. The molecule has 0 bridgehead atoms. The number of hydrogen-bond acceptors (Lipinski definition) is 3. The lowest BCUT2D eigenvalue weighted by molar-refractivity contribution is -0.134. The van der Waals surface area contributed by atoms with Gasteiger partial charge in [0.2, 0.25) is 5.91 Å². The van der Waals surface area contributed by atoms with Crippen molar-refractivity contribution in [3.8, 4) is 0 Å². The lowest BCUT2D eigenvalue weighted by Crippen LogP contribution is -2.64. The van der Waals surface area contributed by atoms with E-state index in [2.05, 4.69) is 45.1 Å². The number of aryl methyl sites for hydroxylation is 1. The fraction of sp³-hybridized carbons (Fsp3) is 0.607. The van der Waals surface area contributed by atoms with E-state index in [0.717, 1.165) is 36.9 Å². The van der Waals surface area contributed by atoms with Crippen molar-refractivity contribution in [3.63, 3.8) is 0 Å². The van der Waals surface area contributed by atoms with Gasteiger partial charge in [0.05, 0.1) is 12.2 Å². The third-order valence-corrected chi connectivity index (χ3v) is 7.46. The highest BCUT2D eigenvalue weighted by atomic mass is 16.2. The van der Waals surface area contributed by atoms with Crippen molar-refractivity contribution >= 4 is 11.8 Å². The van der Waals surface area contributed by atoms with Gasteiger partial charge in [-0.05, 0) is 38.3 Å². The molecule has 1 aromatic heterocycles. The molecule has 0 spiro atoms. The van der Waals surface area contributed by atoms with E-state index in [1.807, 2.05) is 25.1 Å². The summed E-state index contributed by atoms with van der Waals surface area (Å²) < 4.78 is 1.76. The molecule has 2 aliphatic rings. The van der Waals surface area contributed by atoms with Crippen LogP contribution >= 0.6 is 0 Å². The molecule has 0 saturated heterocycles. The molecule has 1 saturated carbocycles. The molecule has 2 amide bonds. The Morgan fingerprint density at radius 3 is 2.32 bits per heavy atom. The number of aromatic nitrogens is 2. The van der Waals surface area contributed by atoms with Crippen LogP contribution in [-0.2, 0) is 23.3 Å². The van der Waals surface area contributed by atoms with E-state index >= 15 is 0 Å². The van der Waals surface area contributed by atoms with Crippen molar-refractivity contribution in [3.05, 3.63) is 52.8 Å². The standard InChI is InChI=1S/C28H40N4O2/c1-20-13-15-21(16-14-20)18-31-25(33)23-17-24(27(2,3)4)30-32(23)19-28(31,5)26(34)29-22-11-9-7-6-8-10-12-22/h13-17,22H,6-12,18-19H2,1-5H3,(H,29,34). The highest BCUT2D eigenvalue weighted by Crippen LogP contribution is 2.32. The molecule has 34 heavy (non-hydrogen) atoms. The average molecular weight is 465 g/mol. The van der Waals surface area contributed by atoms with Crippen molar-refractivity contribution in [2.45, 2.75) is 110 Å². The fourth-order valence-electron chi connectivity index (χ4n) is 5.07. The van der Waals surface area contributed by atoms with Crippen LogP contribution in [0, 0.1) is 6.92 Å². The van der Waals surface area contributed by atoms with Crippen LogP contribution in [0.5, 0.6) is 0 Å². The molecule has 1 atom stereocenters. The molecule has 184 valence electrons. The summed E-state index contributed by atoms with van der Waals surface area (Å²) >= 11 is 0. The Morgan fingerprint density at radius 2 is 1.71 bits per heavy atom. The second-order valence-corrected chi connectivity index (χ2v) is 11.5. The minimum Gasteiger partial charge on any atom is -0.351 e. The van der Waals surface area contributed by atoms with E-state index in [-0.39, 0.29) is 23.3 Å². The Balaban J connectivity index is 1.67.